The molecular weight excluding hydrogens is 182 g/mol. The van der Waals surface area contributed by atoms with Gasteiger partial charge in [0, 0.05) is 12.6 Å². The zero-order valence-corrected chi connectivity index (χ0v) is 9.22. The molecule has 0 aliphatic heterocycles. The summed E-state index contributed by atoms with van der Waals surface area (Å²) >= 11 is 0. The molecule has 0 aromatic heterocycles. The third-order valence-corrected chi connectivity index (χ3v) is 3.33. The minimum absolute atomic E-state index is 0.806. The number of benzene rings is 1. The maximum Gasteiger partial charge on any atom is 0.0211 e. The van der Waals surface area contributed by atoms with Crippen molar-refractivity contribution < 1.29 is 0 Å². The SMILES string of the molecule is Cc1ccc2c(c1)CC=C2CNC1CC1. The molecule has 1 nitrogen and oxygen atoms in total. The van der Waals surface area contributed by atoms with Crippen LogP contribution in [0.1, 0.15) is 29.5 Å². The van der Waals surface area contributed by atoms with E-state index < -0.39 is 0 Å². The van der Waals surface area contributed by atoms with Gasteiger partial charge >= 0.3 is 0 Å². The van der Waals surface area contributed by atoms with Crippen molar-refractivity contribution in [3.05, 3.63) is 41.0 Å². The number of nitrogens with one attached hydrogen (secondary N) is 1. The molecule has 0 amide bonds. The molecule has 0 bridgehead atoms. The molecule has 1 N–H and O–H groups in total. The van der Waals surface area contributed by atoms with Crippen LogP contribution in [0.15, 0.2) is 24.3 Å². The van der Waals surface area contributed by atoms with Gasteiger partial charge in [-0.05, 0) is 42.9 Å². The lowest BCUT2D eigenvalue weighted by Gasteiger charge is -2.07. The molecule has 1 fully saturated rings. The molecular formula is C14H17N. The Bertz CT molecular complexity index is 413. The number of allylic oxidation sites excluding steroid dienone is 1. The van der Waals surface area contributed by atoms with Crippen LogP contribution < -0.4 is 5.32 Å². The summed E-state index contributed by atoms with van der Waals surface area (Å²) in [6.07, 6.45) is 6.24. The van der Waals surface area contributed by atoms with E-state index in [2.05, 4.69) is 36.5 Å². The van der Waals surface area contributed by atoms with E-state index in [1.807, 2.05) is 0 Å². The Morgan fingerprint density at radius 2 is 2.20 bits per heavy atom. The summed E-state index contributed by atoms with van der Waals surface area (Å²) in [5, 5.41) is 3.59. The molecule has 1 aromatic carbocycles. The topological polar surface area (TPSA) is 12.0 Å². The average molecular weight is 199 g/mol. The fourth-order valence-electron chi connectivity index (χ4n) is 2.26. The van der Waals surface area contributed by atoms with E-state index in [0.29, 0.717) is 0 Å². The highest BCUT2D eigenvalue weighted by atomic mass is 14.9. The molecule has 3 rings (SSSR count). The largest absolute Gasteiger partial charge is 0.310 e. The first-order valence-corrected chi connectivity index (χ1v) is 5.85. The molecule has 1 heteroatoms. The molecule has 15 heavy (non-hydrogen) atoms. The van der Waals surface area contributed by atoms with Gasteiger partial charge in [0.2, 0.25) is 0 Å². The maximum absolute atomic E-state index is 3.59. The molecule has 1 aromatic rings. The minimum Gasteiger partial charge on any atom is -0.310 e. The Morgan fingerprint density at radius 3 is 3.00 bits per heavy atom. The second-order valence-electron chi connectivity index (χ2n) is 4.75. The van der Waals surface area contributed by atoms with Crippen LogP contribution in [0, 0.1) is 6.92 Å². The lowest BCUT2D eigenvalue weighted by Crippen LogP contribution is -2.18. The summed E-state index contributed by atoms with van der Waals surface area (Å²) in [6.45, 7) is 3.22. The second-order valence-corrected chi connectivity index (χ2v) is 4.75. The van der Waals surface area contributed by atoms with E-state index in [0.717, 1.165) is 19.0 Å². The van der Waals surface area contributed by atoms with Crippen molar-refractivity contribution in [2.24, 2.45) is 0 Å². The number of rotatable bonds is 3. The van der Waals surface area contributed by atoms with Crippen LogP contribution in [0.4, 0.5) is 0 Å². The molecule has 0 atom stereocenters. The molecule has 2 aliphatic carbocycles. The van der Waals surface area contributed by atoms with Gasteiger partial charge in [-0.1, -0.05) is 29.8 Å². The van der Waals surface area contributed by atoms with Gasteiger partial charge in [0.25, 0.3) is 0 Å². The average Bonchev–Trinajstić information content (AvgIpc) is 2.97. The number of hydrogen-bond acceptors (Lipinski definition) is 1. The van der Waals surface area contributed by atoms with Gasteiger partial charge in [0.15, 0.2) is 0 Å². The number of aryl methyl sites for hydroxylation is 1. The highest BCUT2D eigenvalue weighted by Gasteiger charge is 2.22. The van der Waals surface area contributed by atoms with Gasteiger partial charge < -0.3 is 5.32 Å². The van der Waals surface area contributed by atoms with Crippen molar-refractivity contribution in [2.75, 3.05) is 6.54 Å². The zero-order chi connectivity index (χ0) is 10.3. The Hall–Kier alpha value is -1.08. The molecule has 0 heterocycles. The molecule has 0 radical (unpaired) electrons. The summed E-state index contributed by atoms with van der Waals surface area (Å²) in [6, 6.07) is 7.61. The first-order valence-electron chi connectivity index (χ1n) is 5.85. The van der Waals surface area contributed by atoms with Crippen molar-refractivity contribution in [2.45, 2.75) is 32.2 Å². The van der Waals surface area contributed by atoms with Gasteiger partial charge in [-0.3, -0.25) is 0 Å². The smallest absolute Gasteiger partial charge is 0.0211 e. The summed E-state index contributed by atoms with van der Waals surface area (Å²) < 4.78 is 0. The van der Waals surface area contributed by atoms with E-state index in [1.54, 1.807) is 0 Å². The van der Waals surface area contributed by atoms with E-state index in [1.165, 1.54) is 35.1 Å². The number of fused-ring (bicyclic) bond motifs is 1. The van der Waals surface area contributed by atoms with Crippen LogP contribution >= 0.6 is 0 Å². The summed E-state index contributed by atoms with van der Waals surface area (Å²) in [4.78, 5) is 0. The highest BCUT2D eigenvalue weighted by molar-refractivity contribution is 5.74. The van der Waals surface area contributed by atoms with Gasteiger partial charge in [-0.2, -0.15) is 0 Å². The predicted molar refractivity (Wildman–Crippen MR) is 63.9 cm³/mol. The maximum atomic E-state index is 3.59. The third-order valence-electron chi connectivity index (χ3n) is 3.33. The third kappa shape index (κ3) is 1.84. The van der Waals surface area contributed by atoms with Crippen LogP contribution in [0.3, 0.4) is 0 Å². The van der Waals surface area contributed by atoms with Crippen molar-refractivity contribution in [3.8, 4) is 0 Å². The zero-order valence-electron chi connectivity index (χ0n) is 9.22. The molecule has 0 spiro atoms. The Morgan fingerprint density at radius 1 is 1.33 bits per heavy atom. The summed E-state index contributed by atoms with van der Waals surface area (Å²) in [5.41, 5.74) is 5.84. The van der Waals surface area contributed by atoms with Crippen LogP contribution in [-0.4, -0.2) is 12.6 Å². The molecule has 2 aliphatic rings. The van der Waals surface area contributed by atoms with Gasteiger partial charge in [0.1, 0.15) is 0 Å². The van der Waals surface area contributed by atoms with Crippen LogP contribution in [0.25, 0.3) is 5.57 Å². The Labute approximate surface area is 91.2 Å². The highest BCUT2D eigenvalue weighted by Crippen LogP contribution is 2.28. The minimum atomic E-state index is 0.806. The predicted octanol–water partition coefficient (Wildman–Crippen LogP) is 2.69. The quantitative estimate of drug-likeness (QED) is 0.789. The number of hydrogen-bond donors (Lipinski definition) is 1. The van der Waals surface area contributed by atoms with Gasteiger partial charge in [0.05, 0.1) is 0 Å². The van der Waals surface area contributed by atoms with E-state index in [4.69, 9.17) is 0 Å². The van der Waals surface area contributed by atoms with E-state index in [-0.39, 0.29) is 0 Å². The molecule has 0 unspecified atom stereocenters. The van der Waals surface area contributed by atoms with Crippen molar-refractivity contribution in [1.82, 2.24) is 5.32 Å². The van der Waals surface area contributed by atoms with Gasteiger partial charge in [-0.15, -0.1) is 0 Å². The first-order chi connectivity index (χ1) is 7.33. The van der Waals surface area contributed by atoms with Crippen molar-refractivity contribution in [1.29, 1.82) is 0 Å². The van der Waals surface area contributed by atoms with Crippen LogP contribution in [0.2, 0.25) is 0 Å². The van der Waals surface area contributed by atoms with E-state index >= 15 is 0 Å². The summed E-state index contributed by atoms with van der Waals surface area (Å²) in [5.74, 6) is 0. The fourth-order valence-corrected chi connectivity index (χ4v) is 2.26. The lowest BCUT2D eigenvalue weighted by molar-refractivity contribution is 0.761. The molecule has 0 saturated heterocycles. The monoisotopic (exact) mass is 199 g/mol. The normalized spacial score (nSPS) is 18.9. The van der Waals surface area contributed by atoms with Crippen LogP contribution in [-0.2, 0) is 6.42 Å². The lowest BCUT2D eigenvalue weighted by atomic mass is 10.0. The summed E-state index contributed by atoms with van der Waals surface area (Å²) in [7, 11) is 0. The van der Waals surface area contributed by atoms with E-state index in [9.17, 15) is 0 Å². The first kappa shape index (κ1) is 9.17. The Balaban J connectivity index is 1.76. The Kier molecular flexibility index (Phi) is 2.14. The van der Waals surface area contributed by atoms with Gasteiger partial charge in [-0.25, -0.2) is 0 Å². The molecule has 1 saturated carbocycles. The second kappa shape index (κ2) is 3.49. The van der Waals surface area contributed by atoms with Crippen molar-refractivity contribution in [3.63, 3.8) is 0 Å². The van der Waals surface area contributed by atoms with Crippen molar-refractivity contribution >= 4 is 5.57 Å². The molecule has 78 valence electrons. The fraction of sp³-hybridized carbons (Fsp3) is 0.429. The van der Waals surface area contributed by atoms with Crippen LogP contribution in [0.5, 0.6) is 0 Å². The standard InChI is InChI=1S/C14H17N/c1-10-2-7-14-11(8-10)3-4-12(14)9-15-13-5-6-13/h2,4,7-8,13,15H,3,5-6,9H2,1H3.